The van der Waals surface area contributed by atoms with Gasteiger partial charge >= 0.3 is 0 Å². The van der Waals surface area contributed by atoms with Gasteiger partial charge in [-0.25, -0.2) is 0 Å². The number of nitrogens with zero attached hydrogens (tertiary/aromatic N) is 2. The lowest BCUT2D eigenvalue weighted by atomic mass is 10.1. The van der Waals surface area contributed by atoms with Crippen molar-refractivity contribution in [3.8, 4) is 5.88 Å². The zero-order chi connectivity index (χ0) is 12.7. The molecule has 0 spiro atoms. The molecule has 92 valence electrons. The zero-order valence-corrected chi connectivity index (χ0v) is 10.5. The fourth-order valence-electron chi connectivity index (χ4n) is 1.85. The van der Waals surface area contributed by atoms with Crippen LogP contribution in [0.15, 0.2) is 10.9 Å². The molecule has 0 aromatic carbocycles. The van der Waals surface area contributed by atoms with Gasteiger partial charge in [-0.3, -0.25) is 4.79 Å². The first-order chi connectivity index (χ1) is 7.91. The average molecular weight is 235 g/mol. The number of aromatic amines is 1. The third-order valence-corrected chi connectivity index (χ3v) is 2.82. The number of H-pyrrole nitrogens is 1. The van der Waals surface area contributed by atoms with Gasteiger partial charge < -0.3 is 10.1 Å². The molecule has 0 unspecified atom stereocenters. The normalized spacial score (nSPS) is 11.9. The summed E-state index contributed by atoms with van der Waals surface area (Å²) in [7, 11) is 0. The first-order valence-electron chi connectivity index (χ1n) is 5.76. The molecular weight excluding hydrogens is 218 g/mol. The Morgan fingerprint density at radius 3 is 2.47 bits per heavy atom. The SMILES string of the molecule is CC(C)c1cc2[nH]c(=O)c(C(C)C)c(O)n2n1. The molecule has 0 saturated heterocycles. The number of hydrogen-bond donors (Lipinski definition) is 2. The minimum Gasteiger partial charge on any atom is -0.493 e. The Morgan fingerprint density at radius 1 is 1.29 bits per heavy atom. The molecular formula is C12H17N3O2. The molecule has 0 aliphatic rings. The number of rotatable bonds is 2. The van der Waals surface area contributed by atoms with E-state index in [-0.39, 0.29) is 23.3 Å². The summed E-state index contributed by atoms with van der Waals surface area (Å²) in [4.78, 5) is 14.6. The van der Waals surface area contributed by atoms with Gasteiger partial charge in [-0.1, -0.05) is 27.7 Å². The minimum absolute atomic E-state index is 0.0464. The summed E-state index contributed by atoms with van der Waals surface area (Å²) in [6.45, 7) is 7.76. The predicted molar refractivity (Wildman–Crippen MR) is 65.7 cm³/mol. The van der Waals surface area contributed by atoms with Crippen molar-refractivity contribution in [2.45, 2.75) is 39.5 Å². The first-order valence-corrected chi connectivity index (χ1v) is 5.76. The van der Waals surface area contributed by atoms with Crippen molar-refractivity contribution in [1.82, 2.24) is 14.6 Å². The van der Waals surface area contributed by atoms with Gasteiger partial charge in [-0.15, -0.1) is 0 Å². The molecule has 5 heteroatoms. The second kappa shape index (κ2) is 3.91. The van der Waals surface area contributed by atoms with E-state index in [9.17, 15) is 9.90 Å². The maximum atomic E-state index is 11.8. The van der Waals surface area contributed by atoms with Crippen LogP contribution in [0.25, 0.3) is 5.65 Å². The minimum atomic E-state index is -0.250. The van der Waals surface area contributed by atoms with Gasteiger partial charge in [0.25, 0.3) is 5.56 Å². The Balaban J connectivity index is 2.78. The quantitative estimate of drug-likeness (QED) is 0.836. The molecule has 2 aromatic rings. The molecule has 0 aliphatic carbocycles. The number of fused-ring (bicyclic) bond motifs is 1. The van der Waals surface area contributed by atoms with Crippen LogP contribution in [-0.4, -0.2) is 19.7 Å². The maximum absolute atomic E-state index is 11.8. The van der Waals surface area contributed by atoms with Crippen molar-refractivity contribution in [2.24, 2.45) is 0 Å². The molecule has 0 amide bonds. The Morgan fingerprint density at radius 2 is 1.94 bits per heavy atom. The molecule has 2 heterocycles. The average Bonchev–Trinajstić information content (AvgIpc) is 2.60. The van der Waals surface area contributed by atoms with E-state index in [1.807, 2.05) is 27.7 Å². The van der Waals surface area contributed by atoms with Crippen molar-refractivity contribution < 1.29 is 5.11 Å². The topological polar surface area (TPSA) is 70.4 Å². The third kappa shape index (κ3) is 1.81. The zero-order valence-electron chi connectivity index (χ0n) is 10.5. The van der Waals surface area contributed by atoms with Crippen molar-refractivity contribution in [2.75, 3.05) is 0 Å². The van der Waals surface area contributed by atoms with Crippen LogP contribution in [0, 0.1) is 0 Å². The van der Waals surface area contributed by atoms with E-state index < -0.39 is 0 Å². The summed E-state index contributed by atoms with van der Waals surface area (Å²) in [6.07, 6.45) is 0. The molecule has 0 atom stereocenters. The van der Waals surface area contributed by atoms with Gasteiger partial charge in [0.1, 0.15) is 5.65 Å². The first kappa shape index (κ1) is 11.7. The lowest BCUT2D eigenvalue weighted by molar-refractivity contribution is 0.422. The largest absolute Gasteiger partial charge is 0.493 e. The fraction of sp³-hybridized carbons (Fsp3) is 0.500. The third-order valence-electron chi connectivity index (χ3n) is 2.82. The summed E-state index contributed by atoms with van der Waals surface area (Å²) in [6, 6.07) is 1.79. The summed E-state index contributed by atoms with van der Waals surface area (Å²) in [5.41, 5.74) is 1.49. The maximum Gasteiger partial charge on any atom is 0.258 e. The highest BCUT2D eigenvalue weighted by atomic mass is 16.3. The molecule has 17 heavy (non-hydrogen) atoms. The predicted octanol–water partition coefficient (Wildman–Crippen LogP) is 1.98. The molecule has 0 saturated carbocycles. The molecule has 0 radical (unpaired) electrons. The van der Waals surface area contributed by atoms with Crippen molar-refractivity contribution >= 4 is 5.65 Å². The monoisotopic (exact) mass is 235 g/mol. The number of hydrogen-bond acceptors (Lipinski definition) is 3. The Labute approximate surface area is 99.1 Å². The van der Waals surface area contributed by atoms with E-state index in [0.717, 1.165) is 5.69 Å². The van der Waals surface area contributed by atoms with Gasteiger partial charge in [0.2, 0.25) is 5.88 Å². The smallest absolute Gasteiger partial charge is 0.258 e. The molecule has 2 aromatic heterocycles. The van der Waals surface area contributed by atoms with Crippen molar-refractivity contribution in [3.05, 3.63) is 27.7 Å². The van der Waals surface area contributed by atoms with Crippen molar-refractivity contribution in [1.29, 1.82) is 0 Å². The summed E-state index contributed by atoms with van der Waals surface area (Å²) < 4.78 is 1.39. The van der Waals surface area contributed by atoms with Crippen LogP contribution in [0.5, 0.6) is 5.88 Å². The fourth-order valence-corrected chi connectivity index (χ4v) is 1.85. The van der Waals surface area contributed by atoms with E-state index in [0.29, 0.717) is 11.2 Å². The number of aromatic hydroxyl groups is 1. The number of nitrogens with one attached hydrogen (secondary N) is 1. The summed E-state index contributed by atoms with van der Waals surface area (Å²) >= 11 is 0. The van der Waals surface area contributed by atoms with E-state index in [2.05, 4.69) is 10.1 Å². The molecule has 5 nitrogen and oxygen atoms in total. The molecule has 2 rings (SSSR count). The Hall–Kier alpha value is -1.78. The molecule has 0 bridgehead atoms. The summed E-state index contributed by atoms with van der Waals surface area (Å²) in [5, 5.41) is 14.4. The van der Waals surface area contributed by atoms with Gasteiger partial charge in [0.05, 0.1) is 11.3 Å². The molecule has 2 N–H and O–H groups in total. The van der Waals surface area contributed by atoms with Crippen LogP contribution in [0.4, 0.5) is 0 Å². The summed E-state index contributed by atoms with van der Waals surface area (Å²) in [5.74, 6) is 0.140. The highest BCUT2D eigenvalue weighted by Gasteiger charge is 2.17. The van der Waals surface area contributed by atoms with Crippen LogP contribution in [0.2, 0.25) is 0 Å². The molecule has 0 fully saturated rings. The van der Waals surface area contributed by atoms with E-state index in [4.69, 9.17) is 0 Å². The van der Waals surface area contributed by atoms with Gasteiger partial charge in [-0.2, -0.15) is 9.61 Å². The Kier molecular flexibility index (Phi) is 2.69. The number of aromatic nitrogens is 3. The van der Waals surface area contributed by atoms with Crippen LogP contribution < -0.4 is 5.56 Å². The van der Waals surface area contributed by atoms with E-state index in [1.54, 1.807) is 6.07 Å². The van der Waals surface area contributed by atoms with E-state index >= 15 is 0 Å². The van der Waals surface area contributed by atoms with Crippen LogP contribution in [0.1, 0.15) is 50.8 Å². The van der Waals surface area contributed by atoms with Crippen LogP contribution >= 0.6 is 0 Å². The molecule has 0 aliphatic heterocycles. The highest BCUT2D eigenvalue weighted by molar-refractivity contribution is 5.45. The van der Waals surface area contributed by atoms with Gasteiger partial charge in [-0.05, 0) is 11.8 Å². The van der Waals surface area contributed by atoms with Gasteiger partial charge in [0.15, 0.2) is 0 Å². The van der Waals surface area contributed by atoms with Gasteiger partial charge in [0, 0.05) is 6.07 Å². The Bertz CT molecular complexity index is 608. The van der Waals surface area contributed by atoms with Crippen LogP contribution in [-0.2, 0) is 0 Å². The second-order valence-electron chi connectivity index (χ2n) is 4.87. The highest BCUT2D eigenvalue weighted by Crippen LogP contribution is 2.23. The van der Waals surface area contributed by atoms with Crippen LogP contribution in [0.3, 0.4) is 0 Å². The van der Waals surface area contributed by atoms with E-state index in [1.165, 1.54) is 4.52 Å². The standard InChI is InChI=1S/C12H17N3O2/c1-6(2)8-5-9-13-11(16)10(7(3)4)12(17)15(9)14-8/h5-7,17H,1-4H3,(H,13,16). The lowest BCUT2D eigenvalue weighted by Crippen LogP contribution is -2.16. The van der Waals surface area contributed by atoms with Crippen molar-refractivity contribution in [3.63, 3.8) is 0 Å². The second-order valence-corrected chi connectivity index (χ2v) is 4.87. The lowest BCUT2D eigenvalue weighted by Gasteiger charge is -2.07.